The topological polar surface area (TPSA) is 70.4 Å². The molecule has 0 saturated carbocycles. The molecule has 6 nitrogen and oxygen atoms in total. The molecular weight excluding hydrogens is 256 g/mol. The highest BCUT2D eigenvalue weighted by atomic mass is 16.6. The largest absolute Gasteiger partial charge is 0.379 e. The summed E-state index contributed by atoms with van der Waals surface area (Å²) in [5.41, 5.74) is 1.27. The molecule has 20 heavy (non-hydrogen) atoms. The summed E-state index contributed by atoms with van der Waals surface area (Å²) in [6.45, 7) is 7.33. The third-order valence-electron chi connectivity index (χ3n) is 3.13. The van der Waals surface area contributed by atoms with Crippen molar-refractivity contribution >= 4 is 17.1 Å². The summed E-state index contributed by atoms with van der Waals surface area (Å²) >= 11 is 0. The van der Waals surface area contributed by atoms with E-state index in [9.17, 15) is 10.1 Å². The zero-order valence-electron chi connectivity index (χ0n) is 12.5. The molecular formula is C14H24N4O2. The molecule has 2 N–H and O–H groups in total. The highest BCUT2D eigenvalue weighted by Crippen LogP contribution is 2.32. The van der Waals surface area contributed by atoms with Crippen molar-refractivity contribution in [2.24, 2.45) is 0 Å². The van der Waals surface area contributed by atoms with Crippen LogP contribution in [0.3, 0.4) is 0 Å². The third kappa shape index (κ3) is 4.70. The summed E-state index contributed by atoms with van der Waals surface area (Å²) < 4.78 is 0. The molecule has 0 fully saturated rings. The zero-order chi connectivity index (χ0) is 15.0. The first-order valence-corrected chi connectivity index (χ1v) is 7.03. The molecule has 0 amide bonds. The predicted molar refractivity (Wildman–Crippen MR) is 83.5 cm³/mol. The first-order chi connectivity index (χ1) is 9.60. The Morgan fingerprint density at radius 2 is 1.80 bits per heavy atom. The molecule has 0 saturated heterocycles. The van der Waals surface area contributed by atoms with E-state index >= 15 is 0 Å². The fourth-order valence-corrected chi connectivity index (χ4v) is 1.82. The maximum Gasteiger partial charge on any atom is 0.315 e. The minimum Gasteiger partial charge on any atom is -0.379 e. The Kier molecular flexibility index (Phi) is 6.79. The smallest absolute Gasteiger partial charge is 0.315 e. The minimum absolute atomic E-state index is 0.125. The lowest BCUT2D eigenvalue weighted by atomic mass is 10.2. The normalized spacial score (nSPS) is 10.6. The molecule has 1 aromatic carbocycles. The van der Waals surface area contributed by atoms with Crippen LogP contribution in [0.2, 0.25) is 0 Å². The Bertz CT molecular complexity index is 437. The molecule has 0 heterocycles. The van der Waals surface area contributed by atoms with E-state index < -0.39 is 0 Å². The van der Waals surface area contributed by atoms with Gasteiger partial charge < -0.3 is 15.5 Å². The third-order valence-corrected chi connectivity index (χ3v) is 3.13. The number of nitro groups is 1. The van der Waals surface area contributed by atoms with Gasteiger partial charge in [-0.1, -0.05) is 19.9 Å². The monoisotopic (exact) mass is 280 g/mol. The van der Waals surface area contributed by atoms with Gasteiger partial charge in [-0.25, -0.2) is 0 Å². The number of rotatable bonds is 9. The van der Waals surface area contributed by atoms with Crippen molar-refractivity contribution < 1.29 is 4.92 Å². The summed E-state index contributed by atoms with van der Waals surface area (Å²) in [5, 5.41) is 17.5. The van der Waals surface area contributed by atoms with Crippen molar-refractivity contribution in [2.45, 2.75) is 20.3 Å². The molecule has 0 spiro atoms. The van der Waals surface area contributed by atoms with Crippen molar-refractivity contribution in [1.29, 1.82) is 0 Å². The van der Waals surface area contributed by atoms with Crippen LogP contribution in [0.15, 0.2) is 18.2 Å². The van der Waals surface area contributed by atoms with E-state index in [2.05, 4.69) is 22.5 Å². The van der Waals surface area contributed by atoms with E-state index in [-0.39, 0.29) is 10.6 Å². The van der Waals surface area contributed by atoms with Gasteiger partial charge in [0, 0.05) is 19.6 Å². The van der Waals surface area contributed by atoms with Gasteiger partial charge in [-0.15, -0.1) is 0 Å². The number of benzene rings is 1. The van der Waals surface area contributed by atoms with E-state index in [1.807, 2.05) is 20.0 Å². The molecule has 0 aliphatic rings. The standard InChI is InChI=1S/C14H24N4O2/c1-4-9-15-12-7-6-8-13(14(12)18(19)20)16-10-11-17(3)5-2/h6-8,15-16H,4-5,9-11H2,1-3H3. The number of likely N-dealkylation sites (N-methyl/N-ethyl adjacent to an activating group) is 1. The second kappa shape index (κ2) is 8.37. The van der Waals surface area contributed by atoms with Gasteiger partial charge in [-0.3, -0.25) is 10.1 Å². The number of nitrogens with zero attached hydrogens (tertiary/aromatic N) is 2. The fourth-order valence-electron chi connectivity index (χ4n) is 1.82. The van der Waals surface area contributed by atoms with Gasteiger partial charge in [0.15, 0.2) is 0 Å². The molecule has 0 atom stereocenters. The lowest BCUT2D eigenvalue weighted by Crippen LogP contribution is -2.25. The van der Waals surface area contributed by atoms with Gasteiger partial charge in [0.1, 0.15) is 11.4 Å². The molecule has 0 radical (unpaired) electrons. The molecule has 6 heteroatoms. The van der Waals surface area contributed by atoms with Crippen LogP contribution < -0.4 is 10.6 Å². The van der Waals surface area contributed by atoms with Crippen molar-refractivity contribution in [3.63, 3.8) is 0 Å². The lowest BCUT2D eigenvalue weighted by Gasteiger charge is -2.15. The molecule has 1 aromatic rings. The number of para-hydroxylation sites is 1. The molecule has 0 aliphatic heterocycles. The number of nitro benzene ring substituents is 1. The molecule has 0 unspecified atom stereocenters. The molecule has 1 rings (SSSR count). The SMILES string of the molecule is CCCNc1cccc(NCCN(C)CC)c1[N+](=O)[O-]. The maximum absolute atomic E-state index is 11.3. The average molecular weight is 280 g/mol. The molecule has 0 aliphatic carbocycles. The second-order valence-corrected chi connectivity index (χ2v) is 4.71. The molecule has 0 bridgehead atoms. The Balaban J connectivity index is 2.81. The predicted octanol–water partition coefficient (Wildman–Crippen LogP) is 2.78. The van der Waals surface area contributed by atoms with Gasteiger partial charge >= 0.3 is 5.69 Å². The first kappa shape index (κ1) is 16.2. The van der Waals surface area contributed by atoms with Crippen LogP contribution in [0.25, 0.3) is 0 Å². The van der Waals surface area contributed by atoms with Crippen molar-refractivity contribution in [3.05, 3.63) is 28.3 Å². The van der Waals surface area contributed by atoms with Crippen LogP contribution in [0.4, 0.5) is 17.1 Å². The van der Waals surface area contributed by atoms with E-state index in [1.165, 1.54) is 0 Å². The van der Waals surface area contributed by atoms with Crippen LogP contribution in [0.5, 0.6) is 0 Å². The van der Waals surface area contributed by atoms with E-state index in [0.717, 1.165) is 26.1 Å². The Morgan fingerprint density at radius 1 is 1.20 bits per heavy atom. The van der Waals surface area contributed by atoms with Crippen molar-refractivity contribution in [2.75, 3.05) is 43.9 Å². The number of nitrogens with one attached hydrogen (secondary N) is 2. The fraction of sp³-hybridized carbons (Fsp3) is 0.571. The van der Waals surface area contributed by atoms with Crippen LogP contribution in [0.1, 0.15) is 20.3 Å². The Morgan fingerprint density at radius 3 is 2.30 bits per heavy atom. The van der Waals surface area contributed by atoms with Crippen LogP contribution in [-0.2, 0) is 0 Å². The van der Waals surface area contributed by atoms with Gasteiger partial charge in [-0.05, 0) is 32.1 Å². The van der Waals surface area contributed by atoms with Crippen molar-refractivity contribution in [1.82, 2.24) is 4.90 Å². The number of hydrogen-bond donors (Lipinski definition) is 2. The number of hydrogen-bond acceptors (Lipinski definition) is 5. The first-order valence-electron chi connectivity index (χ1n) is 7.03. The van der Waals surface area contributed by atoms with Crippen LogP contribution >= 0.6 is 0 Å². The van der Waals surface area contributed by atoms with E-state index in [1.54, 1.807) is 12.1 Å². The highest BCUT2D eigenvalue weighted by Gasteiger charge is 2.18. The summed E-state index contributed by atoms with van der Waals surface area (Å²) in [7, 11) is 2.02. The highest BCUT2D eigenvalue weighted by molar-refractivity contribution is 5.76. The second-order valence-electron chi connectivity index (χ2n) is 4.71. The molecule has 0 aromatic heterocycles. The zero-order valence-corrected chi connectivity index (χ0v) is 12.5. The number of anilines is 2. The summed E-state index contributed by atoms with van der Waals surface area (Å²) in [6, 6.07) is 5.33. The minimum atomic E-state index is -0.330. The average Bonchev–Trinajstić information content (AvgIpc) is 2.44. The van der Waals surface area contributed by atoms with Crippen LogP contribution in [0, 0.1) is 10.1 Å². The Labute approximate surface area is 120 Å². The van der Waals surface area contributed by atoms with Gasteiger partial charge in [0.2, 0.25) is 0 Å². The molecule has 112 valence electrons. The summed E-state index contributed by atoms with van der Waals surface area (Å²) in [5.74, 6) is 0. The summed E-state index contributed by atoms with van der Waals surface area (Å²) in [6.07, 6.45) is 0.927. The van der Waals surface area contributed by atoms with Crippen LogP contribution in [-0.4, -0.2) is 43.0 Å². The van der Waals surface area contributed by atoms with E-state index in [4.69, 9.17) is 0 Å². The van der Waals surface area contributed by atoms with Gasteiger partial charge in [0.05, 0.1) is 4.92 Å². The maximum atomic E-state index is 11.3. The lowest BCUT2D eigenvalue weighted by molar-refractivity contribution is -0.383. The van der Waals surface area contributed by atoms with E-state index in [0.29, 0.717) is 17.9 Å². The van der Waals surface area contributed by atoms with Gasteiger partial charge in [-0.2, -0.15) is 0 Å². The van der Waals surface area contributed by atoms with Crippen molar-refractivity contribution in [3.8, 4) is 0 Å². The quantitative estimate of drug-likeness (QED) is 0.537. The Hall–Kier alpha value is -1.82. The summed E-state index contributed by atoms with van der Waals surface area (Å²) in [4.78, 5) is 13.1. The van der Waals surface area contributed by atoms with Gasteiger partial charge in [0.25, 0.3) is 0 Å².